The molecule has 3 N–H and O–H groups in total. The lowest BCUT2D eigenvalue weighted by Gasteiger charge is -2.13. The summed E-state index contributed by atoms with van der Waals surface area (Å²) in [6, 6.07) is 0.606. The molecule has 142 valence electrons. The van der Waals surface area contributed by atoms with Crippen LogP contribution in [0.2, 0.25) is 0 Å². The first kappa shape index (κ1) is 20.2. The third kappa shape index (κ3) is 5.18. The summed E-state index contributed by atoms with van der Waals surface area (Å²) in [5, 5.41) is 2.56. The number of thiazole rings is 1. The molecule has 1 heterocycles. The predicted octanol–water partition coefficient (Wildman–Crippen LogP) is 4.06. The number of nitrogens with one attached hydrogen (secondary N) is 1. The molecule has 0 aliphatic heterocycles. The molecule has 0 bridgehead atoms. The van der Waals surface area contributed by atoms with Crippen LogP contribution in [0, 0.1) is 0 Å². The van der Waals surface area contributed by atoms with Gasteiger partial charge in [-0.25, -0.2) is 4.98 Å². The number of nitrogens with two attached hydrogens (primary N) is 1. The fourth-order valence-corrected chi connectivity index (χ4v) is 2.84. The van der Waals surface area contributed by atoms with Crippen LogP contribution in [0.4, 0.5) is 31.5 Å². The molecule has 1 atom stereocenters. The van der Waals surface area contributed by atoms with Crippen molar-refractivity contribution in [1.29, 1.82) is 0 Å². The van der Waals surface area contributed by atoms with Gasteiger partial charge in [0.1, 0.15) is 0 Å². The number of aromatic nitrogens is 1. The first-order valence-corrected chi connectivity index (χ1v) is 7.97. The largest absolute Gasteiger partial charge is 0.416 e. The number of amides is 1. The van der Waals surface area contributed by atoms with E-state index in [0.717, 1.165) is 11.3 Å². The molecule has 0 saturated heterocycles. The molecule has 1 amide bonds. The molecule has 0 aliphatic rings. The van der Waals surface area contributed by atoms with E-state index in [1.165, 1.54) is 13.1 Å². The molecule has 0 aliphatic carbocycles. The second kappa shape index (κ2) is 7.23. The maximum atomic E-state index is 12.9. The van der Waals surface area contributed by atoms with Crippen molar-refractivity contribution in [2.45, 2.75) is 31.7 Å². The van der Waals surface area contributed by atoms with Gasteiger partial charge in [0.2, 0.25) is 5.91 Å². The minimum Gasteiger partial charge on any atom is -0.320 e. The van der Waals surface area contributed by atoms with Crippen molar-refractivity contribution in [3.05, 3.63) is 46.0 Å². The van der Waals surface area contributed by atoms with Crippen molar-refractivity contribution in [3.8, 4) is 0 Å². The summed E-state index contributed by atoms with van der Waals surface area (Å²) in [5.74, 6) is -0.510. The average molecular weight is 397 g/mol. The van der Waals surface area contributed by atoms with Gasteiger partial charge in [0.25, 0.3) is 0 Å². The topological polar surface area (TPSA) is 68.0 Å². The van der Waals surface area contributed by atoms with Crippen molar-refractivity contribution in [2.24, 2.45) is 5.73 Å². The van der Waals surface area contributed by atoms with Gasteiger partial charge < -0.3 is 11.1 Å². The van der Waals surface area contributed by atoms with Gasteiger partial charge in [-0.2, -0.15) is 26.3 Å². The van der Waals surface area contributed by atoms with Crippen LogP contribution in [0.5, 0.6) is 0 Å². The Morgan fingerprint density at radius 1 is 1.15 bits per heavy atom. The quantitative estimate of drug-likeness (QED) is 0.765. The molecule has 0 saturated carbocycles. The van der Waals surface area contributed by atoms with E-state index in [1.807, 2.05) is 0 Å². The standard InChI is InChI=1S/C15H13F6N3OS/c1-7(22)12(25)24-13-23-6-11(26-13)4-8-2-9(14(16,17)18)5-10(3-8)15(19,20)21/h2-3,5-7H,4,22H2,1H3,(H,23,24,25). The van der Waals surface area contributed by atoms with Gasteiger partial charge in [-0.1, -0.05) is 0 Å². The number of rotatable bonds is 4. The van der Waals surface area contributed by atoms with E-state index in [4.69, 9.17) is 5.73 Å². The maximum Gasteiger partial charge on any atom is 0.416 e. The van der Waals surface area contributed by atoms with E-state index in [9.17, 15) is 31.1 Å². The maximum absolute atomic E-state index is 12.9. The lowest BCUT2D eigenvalue weighted by Crippen LogP contribution is -2.32. The second-order valence-corrected chi connectivity index (χ2v) is 6.62. The highest BCUT2D eigenvalue weighted by molar-refractivity contribution is 7.15. The number of alkyl halides is 6. The number of hydrogen-bond donors (Lipinski definition) is 2. The molecule has 1 unspecified atom stereocenters. The molecule has 0 radical (unpaired) electrons. The van der Waals surface area contributed by atoms with Gasteiger partial charge in [0, 0.05) is 17.5 Å². The number of carbonyl (C=O) groups is 1. The van der Waals surface area contributed by atoms with E-state index in [-0.39, 0.29) is 23.2 Å². The minimum absolute atomic E-state index is 0.0739. The van der Waals surface area contributed by atoms with Crippen LogP contribution in [0.1, 0.15) is 28.5 Å². The SMILES string of the molecule is CC(N)C(=O)Nc1ncc(Cc2cc(C(F)(F)F)cc(C(F)(F)F)c2)s1. The third-order valence-electron chi connectivity index (χ3n) is 3.22. The molecule has 2 aromatic rings. The van der Waals surface area contributed by atoms with E-state index in [1.54, 1.807) is 0 Å². The van der Waals surface area contributed by atoms with Crippen molar-refractivity contribution < 1.29 is 31.1 Å². The van der Waals surface area contributed by atoms with Crippen LogP contribution < -0.4 is 11.1 Å². The Hall–Kier alpha value is -2.14. The number of nitrogens with zero attached hydrogens (tertiary/aromatic N) is 1. The Kier molecular flexibility index (Phi) is 5.61. The van der Waals surface area contributed by atoms with E-state index in [0.29, 0.717) is 17.0 Å². The number of benzene rings is 1. The first-order chi connectivity index (χ1) is 11.9. The van der Waals surface area contributed by atoms with Gasteiger partial charge in [-0.15, -0.1) is 11.3 Å². The summed E-state index contributed by atoms with van der Waals surface area (Å²) in [6.45, 7) is 1.45. The van der Waals surface area contributed by atoms with E-state index < -0.39 is 35.4 Å². The Morgan fingerprint density at radius 3 is 2.15 bits per heavy atom. The number of anilines is 1. The Bertz CT molecular complexity index is 765. The monoisotopic (exact) mass is 397 g/mol. The summed E-state index contributed by atoms with van der Waals surface area (Å²) < 4.78 is 77.2. The summed E-state index contributed by atoms with van der Waals surface area (Å²) in [6.07, 6.45) is -8.73. The van der Waals surface area contributed by atoms with Gasteiger partial charge in [0.15, 0.2) is 5.13 Å². The second-order valence-electron chi connectivity index (χ2n) is 5.50. The summed E-state index contributed by atoms with van der Waals surface area (Å²) in [5.41, 5.74) is 2.46. The number of carbonyl (C=O) groups excluding carboxylic acids is 1. The molecule has 0 spiro atoms. The van der Waals surface area contributed by atoms with Crippen LogP contribution in [0.25, 0.3) is 0 Å². The normalized spacial score (nSPS) is 13.5. The molecule has 1 aromatic heterocycles. The fourth-order valence-electron chi connectivity index (χ4n) is 1.99. The zero-order chi connectivity index (χ0) is 19.7. The lowest BCUT2D eigenvalue weighted by molar-refractivity contribution is -0.143. The van der Waals surface area contributed by atoms with Crippen LogP contribution in [0.15, 0.2) is 24.4 Å². The molecule has 1 aromatic carbocycles. The van der Waals surface area contributed by atoms with Crippen molar-refractivity contribution in [3.63, 3.8) is 0 Å². The van der Waals surface area contributed by atoms with Crippen molar-refractivity contribution >= 4 is 22.4 Å². The van der Waals surface area contributed by atoms with E-state index in [2.05, 4.69) is 10.3 Å². The molecular formula is C15H13F6N3OS. The van der Waals surface area contributed by atoms with Crippen LogP contribution in [0.3, 0.4) is 0 Å². The lowest BCUT2D eigenvalue weighted by atomic mass is 10.0. The summed E-state index contributed by atoms with van der Waals surface area (Å²) >= 11 is 0.939. The average Bonchev–Trinajstić information content (AvgIpc) is 2.92. The smallest absolute Gasteiger partial charge is 0.320 e. The van der Waals surface area contributed by atoms with Gasteiger partial charge in [-0.3, -0.25) is 4.79 Å². The molecular weight excluding hydrogens is 384 g/mol. The van der Waals surface area contributed by atoms with Crippen LogP contribution in [-0.4, -0.2) is 16.9 Å². The molecule has 26 heavy (non-hydrogen) atoms. The molecule has 11 heteroatoms. The zero-order valence-corrected chi connectivity index (χ0v) is 14.0. The summed E-state index contributed by atoms with van der Waals surface area (Å²) in [7, 11) is 0. The minimum atomic E-state index is -4.90. The van der Waals surface area contributed by atoms with Crippen LogP contribution >= 0.6 is 11.3 Å². The Morgan fingerprint density at radius 2 is 1.69 bits per heavy atom. The molecule has 2 rings (SSSR count). The number of hydrogen-bond acceptors (Lipinski definition) is 4. The Balaban J connectivity index is 2.29. The highest BCUT2D eigenvalue weighted by Gasteiger charge is 2.36. The highest BCUT2D eigenvalue weighted by atomic mass is 32.1. The van der Waals surface area contributed by atoms with Gasteiger partial charge in [-0.05, 0) is 30.7 Å². The molecule has 4 nitrogen and oxygen atoms in total. The van der Waals surface area contributed by atoms with Gasteiger partial charge >= 0.3 is 12.4 Å². The van der Waals surface area contributed by atoms with Gasteiger partial charge in [0.05, 0.1) is 17.2 Å². The van der Waals surface area contributed by atoms with E-state index >= 15 is 0 Å². The summed E-state index contributed by atoms with van der Waals surface area (Å²) in [4.78, 5) is 15.7. The fraction of sp³-hybridized carbons (Fsp3) is 0.333. The Labute approximate surface area is 148 Å². The first-order valence-electron chi connectivity index (χ1n) is 7.16. The predicted molar refractivity (Wildman–Crippen MR) is 83.6 cm³/mol. The zero-order valence-electron chi connectivity index (χ0n) is 13.2. The number of halogens is 6. The third-order valence-corrected chi connectivity index (χ3v) is 4.14. The van der Waals surface area contributed by atoms with Crippen molar-refractivity contribution in [1.82, 2.24) is 4.98 Å². The van der Waals surface area contributed by atoms with Crippen molar-refractivity contribution in [2.75, 3.05) is 5.32 Å². The molecule has 0 fully saturated rings. The van der Waals surface area contributed by atoms with Crippen LogP contribution in [-0.2, 0) is 23.6 Å². The highest BCUT2D eigenvalue weighted by Crippen LogP contribution is 2.37.